The van der Waals surface area contributed by atoms with Gasteiger partial charge in [0.25, 0.3) is 0 Å². The van der Waals surface area contributed by atoms with Crippen LogP contribution in [0.2, 0.25) is 0 Å². The van der Waals surface area contributed by atoms with Gasteiger partial charge in [-0.25, -0.2) is 4.79 Å². The molecule has 0 aliphatic carbocycles. The highest BCUT2D eigenvalue weighted by molar-refractivity contribution is 5.87. The molecule has 1 aromatic heterocycles. The first-order valence-corrected chi connectivity index (χ1v) is 6.19. The van der Waals surface area contributed by atoms with Gasteiger partial charge in [-0.05, 0) is 31.2 Å². The van der Waals surface area contributed by atoms with E-state index in [1.54, 1.807) is 6.07 Å². The second-order valence-electron chi connectivity index (χ2n) is 4.42. The van der Waals surface area contributed by atoms with E-state index in [0.717, 1.165) is 12.1 Å². The summed E-state index contributed by atoms with van der Waals surface area (Å²) in [6, 6.07) is 8.90. The molecule has 114 valence electrons. The van der Waals surface area contributed by atoms with E-state index in [0.29, 0.717) is 0 Å². The minimum atomic E-state index is -4.47. The molecule has 1 atom stereocenters. The smallest absolute Gasteiger partial charge is 0.416 e. The van der Waals surface area contributed by atoms with Gasteiger partial charge in [-0.2, -0.15) is 18.4 Å². The van der Waals surface area contributed by atoms with Crippen molar-refractivity contribution in [1.82, 2.24) is 0 Å². The summed E-state index contributed by atoms with van der Waals surface area (Å²) in [5.41, 5.74) is -0.633. The van der Waals surface area contributed by atoms with Crippen LogP contribution in [0, 0.1) is 11.3 Å². The lowest BCUT2D eigenvalue weighted by Crippen LogP contribution is -2.12. The Morgan fingerprint density at radius 2 is 2.05 bits per heavy atom. The number of hydrogen-bond acceptors (Lipinski definition) is 4. The Hall–Kier alpha value is -2.75. The molecule has 0 aliphatic heterocycles. The first kappa shape index (κ1) is 15.6. The maximum absolute atomic E-state index is 12.7. The molecule has 0 bridgehead atoms. The SMILES string of the molecule is C[C@@H](C#N)OC(=O)c1ccc(-c2cccc(C(F)(F)F)c2)o1. The van der Waals surface area contributed by atoms with E-state index < -0.39 is 23.8 Å². The number of alkyl halides is 3. The zero-order valence-corrected chi connectivity index (χ0v) is 11.3. The van der Waals surface area contributed by atoms with Gasteiger partial charge in [0.15, 0.2) is 6.10 Å². The molecule has 4 nitrogen and oxygen atoms in total. The number of ether oxygens (including phenoxy) is 1. The largest absolute Gasteiger partial charge is 0.449 e. The molecular weight excluding hydrogens is 299 g/mol. The van der Waals surface area contributed by atoms with E-state index in [9.17, 15) is 18.0 Å². The molecule has 0 amide bonds. The van der Waals surface area contributed by atoms with Crippen molar-refractivity contribution in [2.75, 3.05) is 0 Å². The topological polar surface area (TPSA) is 63.2 Å². The summed E-state index contributed by atoms with van der Waals surface area (Å²) < 4.78 is 47.9. The Morgan fingerprint density at radius 3 is 2.68 bits per heavy atom. The summed E-state index contributed by atoms with van der Waals surface area (Å²) in [5.74, 6) is -0.940. The standard InChI is InChI=1S/C15H10F3NO3/c1-9(8-19)21-14(20)13-6-5-12(22-13)10-3-2-4-11(7-10)15(16,17)18/h2-7,9H,1H3/t9-/m0/s1. The first-order chi connectivity index (χ1) is 10.3. The molecule has 1 heterocycles. The molecule has 2 aromatic rings. The Kier molecular flexibility index (Phi) is 4.22. The van der Waals surface area contributed by atoms with Gasteiger partial charge in [-0.1, -0.05) is 12.1 Å². The van der Waals surface area contributed by atoms with E-state index >= 15 is 0 Å². The molecule has 0 saturated heterocycles. The number of nitrogens with zero attached hydrogens (tertiary/aromatic N) is 1. The van der Waals surface area contributed by atoms with Crippen molar-refractivity contribution in [3.05, 3.63) is 47.7 Å². The number of rotatable bonds is 3. The quantitative estimate of drug-likeness (QED) is 0.803. The van der Waals surface area contributed by atoms with Gasteiger partial charge in [0.1, 0.15) is 11.8 Å². The minimum absolute atomic E-state index is 0.0997. The molecule has 0 N–H and O–H groups in total. The maximum atomic E-state index is 12.7. The lowest BCUT2D eigenvalue weighted by Gasteiger charge is -2.07. The third-order valence-corrected chi connectivity index (χ3v) is 2.75. The van der Waals surface area contributed by atoms with Gasteiger partial charge in [0, 0.05) is 5.56 Å². The van der Waals surface area contributed by atoms with Crippen LogP contribution < -0.4 is 0 Å². The molecular formula is C15H10F3NO3. The molecule has 0 spiro atoms. The molecule has 0 saturated carbocycles. The average molecular weight is 309 g/mol. The summed E-state index contributed by atoms with van der Waals surface area (Å²) in [4.78, 5) is 11.6. The number of nitriles is 1. The molecule has 1 aromatic carbocycles. The fraction of sp³-hybridized carbons (Fsp3) is 0.200. The normalized spacial score (nSPS) is 12.5. The lowest BCUT2D eigenvalue weighted by atomic mass is 10.1. The third kappa shape index (κ3) is 3.47. The Balaban J connectivity index is 2.25. The number of carbonyl (C=O) groups excluding carboxylic acids is 1. The lowest BCUT2D eigenvalue weighted by molar-refractivity contribution is -0.137. The summed E-state index contributed by atoms with van der Waals surface area (Å²) >= 11 is 0. The Morgan fingerprint density at radius 1 is 1.32 bits per heavy atom. The van der Waals surface area contributed by atoms with Gasteiger partial charge in [-0.15, -0.1) is 0 Å². The molecule has 0 aliphatic rings. The van der Waals surface area contributed by atoms with Crippen LogP contribution >= 0.6 is 0 Å². The van der Waals surface area contributed by atoms with E-state index in [-0.39, 0.29) is 17.1 Å². The third-order valence-electron chi connectivity index (χ3n) is 2.75. The summed E-state index contributed by atoms with van der Waals surface area (Å²) in [5, 5.41) is 8.56. The number of carbonyl (C=O) groups is 1. The molecule has 0 radical (unpaired) electrons. The predicted molar refractivity (Wildman–Crippen MR) is 69.6 cm³/mol. The van der Waals surface area contributed by atoms with Crippen molar-refractivity contribution >= 4 is 5.97 Å². The molecule has 2 rings (SSSR count). The number of furan rings is 1. The average Bonchev–Trinajstić information content (AvgIpc) is 2.96. The highest BCUT2D eigenvalue weighted by Gasteiger charge is 2.30. The predicted octanol–water partition coefficient (Wildman–Crippen LogP) is 4.03. The summed E-state index contributed by atoms with van der Waals surface area (Å²) in [7, 11) is 0. The number of halogens is 3. The molecule has 7 heteroatoms. The van der Waals surface area contributed by atoms with Crippen molar-refractivity contribution in [3.8, 4) is 17.4 Å². The first-order valence-electron chi connectivity index (χ1n) is 6.19. The highest BCUT2D eigenvalue weighted by Crippen LogP contribution is 2.32. The van der Waals surface area contributed by atoms with Crippen LogP contribution in [0.3, 0.4) is 0 Å². The van der Waals surface area contributed by atoms with E-state index in [1.165, 1.54) is 31.2 Å². The van der Waals surface area contributed by atoms with Crippen LogP contribution in [0.15, 0.2) is 40.8 Å². The molecule has 0 fully saturated rings. The highest BCUT2D eigenvalue weighted by atomic mass is 19.4. The molecule has 0 unspecified atom stereocenters. The Labute approximate surface area is 123 Å². The van der Waals surface area contributed by atoms with Crippen molar-refractivity contribution in [3.63, 3.8) is 0 Å². The Bertz CT molecular complexity index is 728. The fourth-order valence-electron chi connectivity index (χ4n) is 1.70. The van der Waals surface area contributed by atoms with E-state index in [1.807, 2.05) is 0 Å². The number of hydrogen-bond donors (Lipinski definition) is 0. The van der Waals surface area contributed by atoms with Crippen LogP contribution in [-0.4, -0.2) is 12.1 Å². The van der Waals surface area contributed by atoms with E-state index in [2.05, 4.69) is 0 Å². The van der Waals surface area contributed by atoms with Gasteiger partial charge in [-0.3, -0.25) is 0 Å². The van der Waals surface area contributed by atoms with Crippen LogP contribution in [0.25, 0.3) is 11.3 Å². The summed E-state index contributed by atoms with van der Waals surface area (Å²) in [6.07, 6.45) is -5.42. The van der Waals surface area contributed by atoms with E-state index in [4.69, 9.17) is 14.4 Å². The summed E-state index contributed by atoms with van der Waals surface area (Å²) in [6.45, 7) is 1.38. The van der Waals surface area contributed by atoms with Crippen LogP contribution in [0.4, 0.5) is 13.2 Å². The zero-order chi connectivity index (χ0) is 16.3. The number of benzene rings is 1. The molecule has 22 heavy (non-hydrogen) atoms. The maximum Gasteiger partial charge on any atom is 0.416 e. The van der Waals surface area contributed by atoms with Gasteiger partial charge >= 0.3 is 12.1 Å². The van der Waals surface area contributed by atoms with Crippen molar-refractivity contribution < 1.29 is 27.1 Å². The minimum Gasteiger partial charge on any atom is -0.449 e. The van der Waals surface area contributed by atoms with Crippen molar-refractivity contribution in [2.45, 2.75) is 19.2 Å². The number of esters is 1. The second kappa shape index (κ2) is 5.93. The van der Waals surface area contributed by atoms with Gasteiger partial charge < -0.3 is 9.15 Å². The van der Waals surface area contributed by atoms with Crippen molar-refractivity contribution in [1.29, 1.82) is 5.26 Å². The van der Waals surface area contributed by atoms with Crippen LogP contribution in [0.1, 0.15) is 23.0 Å². The van der Waals surface area contributed by atoms with Crippen LogP contribution in [0.5, 0.6) is 0 Å². The van der Waals surface area contributed by atoms with Gasteiger partial charge in [0.2, 0.25) is 5.76 Å². The monoisotopic (exact) mass is 309 g/mol. The second-order valence-corrected chi connectivity index (χ2v) is 4.42. The van der Waals surface area contributed by atoms with Crippen molar-refractivity contribution in [2.24, 2.45) is 0 Å². The zero-order valence-electron chi connectivity index (χ0n) is 11.3. The van der Waals surface area contributed by atoms with Crippen LogP contribution in [-0.2, 0) is 10.9 Å². The fourth-order valence-corrected chi connectivity index (χ4v) is 1.70. The van der Waals surface area contributed by atoms with Gasteiger partial charge in [0.05, 0.1) is 5.56 Å².